The molecule has 2 N–H and O–H groups in total. The summed E-state index contributed by atoms with van der Waals surface area (Å²) in [6.07, 6.45) is 0.983. The van der Waals surface area contributed by atoms with Crippen molar-refractivity contribution in [2.75, 3.05) is 0 Å². The molecular formula is C10H12FN. The molecule has 1 aromatic carbocycles. The minimum Gasteiger partial charge on any atom is -0.324 e. The highest BCUT2D eigenvalue weighted by Crippen LogP contribution is 2.33. The third-order valence-electron chi connectivity index (χ3n) is 2.62. The molecular weight excluding hydrogens is 153 g/mol. The van der Waals surface area contributed by atoms with Crippen LogP contribution in [-0.2, 0) is 6.42 Å². The summed E-state index contributed by atoms with van der Waals surface area (Å²) in [5.74, 6) is 0.264. The molecule has 2 heteroatoms. The Morgan fingerprint density at radius 1 is 1.50 bits per heavy atom. The summed E-state index contributed by atoms with van der Waals surface area (Å²) in [5.41, 5.74) is 8.09. The van der Waals surface area contributed by atoms with Gasteiger partial charge in [0.15, 0.2) is 0 Å². The van der Waals surface area contributed by atoms with Crippen LogP contribution >= 0.6 is 0 Å². The van der Waals surface area contributed by atoms with Crippen LogP contribution in [0.3, 0.4) is 0 Å². The van der Waals surface area contributed by atoms with Crippen molar-refractivity contribution in [1.82, 2.24) is 0 Å². The van der Waals surface area contributed by atoms with Gasteiger partial charge in [0.2, 0.25) is 0 Å². The Bertz CT molecular complexity index is 309. The smallest absolute Gasteiger partial charge is 0.123 e. The lowest BCUT2D eigenvalue weighted by Crippen LogP contribution is -2.13. The van der Waals surface area contributed by atoms with Gasteiger partial charge in [-0.1, -0.05) is 13.0 Å². The van der Waals surface area contributed by atoms with E-state index >= 15 is 0 Å². The highest BCUT2D eigenvalue weighted by atomic mass is 19.1. The van der Waals surface area contributed by atoms with E-state index in [1.165, 1.54) is 11.6 Å². The van der Waals surface area contributed by atoms with Gasteiger partial charge < -0.3 is 5.73 Å². The Labute approximate surface area is 71.4 Å². The number of nitrogens with two attached hydrogens (primary N) is 1. The number of benzene rings is 1. The van der Waals surface area contributed by atoms with Gasteiger partial charge in [-0.3, -0.25) is 0 Å². The van der Waals surface area contributed by atoms with E-state index in [4.69, 9.17) is 5.73 Å². The van der Waals surface area contributed by atoms with Gasteiger partial charge in [0.05, 0.1) is 0 Å². The summed E-state index contributed by atoms with van der Waals surface area (Å²) in [6, 6.07) is 4.93. The van der Waals surface area contributed by atoms with Crippen molar-refractivity contribution in [3.63, 3.8) is 0 Å². The largest absolute Gasteiger partial charge is 0.324 e. The van der Waals surface area contributed by atoms with Crippen molar-refractivity contribution in [2.24, 2.45) is 11.7 Å². The van der Waals surface area contributed by atoms with Crippen LogP contribution in [0.15, 0.2) is 18.2 Å². The molecule has 2 atom stereocenters. The van der Waals surface area contributed by atoms with Crippen LogP contribution in [0.1, 0.15) is 24.1 Å². The maximum Gasteiger partial charge on any atom is 0.123 e. The molecule has 0 bridgehead atoms. The van der Waals surface area contributed by atoms with Crippen molar-refractivity contribution in [2.45, 2.75) is 19.4 Å². The average molecular weight is 165 g/mol. The van der Waals surface area contributed by atoms with Gasteiger partial charge in [-0.2, -0.15) is 0 Å². The first-order valence-corrected chi connectivity index (χ1v) is 4.22. The molecule has 1 aromatic rings. The number of hydrogen-bond donors (Lipinski definition) is 1. The lowest BCUT2D eigenvalue weighted by molar-refractivity contribution is 0.511. The van der Waals surface area contributed by atoms with Crippen LogP contribution in [0.4, 0.5) is 4.39 Å². The summed E-state index contributed by atoms with van der Waals surface area (Å²) >= 11 is 0. The van der Waals surface area contributed by atoms with Gasteiger partial charge in [-0.15, -0.1) is 0 Å². The lowest BCUT2D eigenvalue weighted by Gasteiger charge is -2.08. The van der Waals surface area contributed by atoms with Gasteiger partial charge in [-0.25, -0.2) is 4.39 Å². The van der Waals surface area contributed by atoms with Gasteiger partial charge in [0, 0.05) is 6.04 Å². The molecule has 1 aliphatic rings. The molecule has 0 fully saturated rings. The van der Waals surface area contributed by atoms with E-state index in [-0.39, 0.29) is 11.9 Å². The Kier molecular flexibility index (Phi) is 1.65. The summed E-state index contributed by atoms with van der Waals surface area (Å²) in [4.78, 5) is 0. The molecule has 0 saturated heterocycles. The van der Waals surface area contributed by atoms with E-state index in [2.05, 4.69) is 6.92 Å². The second-order valence-electron chi connectivity index (χ2n) is 3.55. The van der Waals surface area contributed by atoms with Gasteiger partial charge in [0.25, 0.3) is 0 Å². The molecule has 12 heavy (non-hydrogen) atoms. The van der Waals surface area contributed by atoms with Crippen LogP contribution in [0.25, 0.3) is 0 Å². The summed E-state index contributed by atoms with van der Waals surface area (Å²) in [7, 11) is 0. The van der Waals surface area contributed by atoms with Gasteiger partial charge >= 0.3 is 0 Å². The number of rotatable bonds is 0. The van der Waals surface area contributed by atoms with Crippen LogP contribution < -0.4 is 5.73 Å². The standard InChI is InChI=1S/C10H12FN/c1-6-4-7-2-3-8(11)5-9(7)10(6)12/h2-3,5-6,10H,4,12H2,1H3. The van der Waals surface area contributed by atoms with Crippen LogP contribution in [0, 0.1) is 11.7 Å². The fourth-order valence-electron chi connectivity index (χ4n) is 1.84. The number of fused-ring (bicyclic) bond motifs is 1. The van der Waals surface area contributed by atoms with Crippen molar-refractivity contribution in [3.05, 3.63) is 35.1 Å². The number of hydrogen-bond acceptors (Lipinski definition) is 1. The van der Waals surface area contributed by atoms with Crippen LogP contribution in [0.2, 0.25) is 0 Å². The molecule has 2 rings (SSSR count). The first-order valence-electron chi connectivity index (χ1n) is 4.22. The predicted octanol–water partition coefficient (Wildman–Crippen LogP) is 2.02. The Hall–Kier alpha value is -0.890. The first-order chi connectivity index (χ1) is 5.68. The van der Waals surface area contributed by atoms with E-state index in [0.29, 0.717) is 5.92 Å². The molecule has 1 nitrogen and oxygen atoms in total. The molecule has 0 radical (unpaired) electrons. The Morgan fingerprint density at radius 3 is 3.00 bits per heavy atom. The second-order valence-corrected chi connectivity index (χ2v) is 3.55. The molecule has 1 aliphatic carbocycles. The predicted molar refractivity (Wildman–Crippen MR) is 46.2 cm³/mol. The zero-order chi connectivity index (χ0) is 8.72. The highest BCUT2D eigenvalue weighted by Gasteiger charge is 2.26. The van der Waals surface area contributed by atoms with Crippen molar-refractivity contribution < 1.29 is 4.39 Å². The average Bonchev–Trinajstić information content (AvgIpc) is 2.31. The minimum absolute atomic E-state index is 0.0238. The van der Waals surface area contributed by atoms with Crippen LogP contribution in [0.5, 0.6) is 0 Å². The minimum atomic E-state index is -0.182. The van der Waals surface area contributed by atoms with Crippen molar-refractivity contribution >= 4 is 0 Å². The Balaban J connectivity index is 2.48. The van der Waals surface area contributed by atoms with Crippen molar-refractivity contribution in [1.29, 1.82) is 0 Å². The molecule has 0 amide bonds. The molecule has 0 spiro atoms. The third kappa shape index (κ3) is 1.03. The second kappa shape index (κ2) is 2.56. The SMILES string of the molecule is CC1Cc2ccc(F)cc2C1N. The van der Waals surface area contributed by atoms with E-state index in [1.807, 2.05) is 6.07 Å². The summed E-state index contributed by atoms with van der Waals surface area (Å²) < 4.78 is 12.8. The summed E-state index contributed by atoms with van der Waals surface area (Å²) in [5, 5.41) is 0. The summed E-state index contributed by atoms with van der Waals surface area (Å²) in [6.45, 7) is 2.10. The zero-order valence-electron chi connectivity index (χ0n) is 7.05. The normalized spacial score (nSPS) is 27.2. The fraction of sp³-hybridized carbons (Fsp3) is 0.400. The molecule has 0 aromatic heterocycles. The Morgan fingerprint density at radius 2 is 2.25 bits per heavy atom. The van der Waals surface area contributed by atoms with Crippen LogP contribution in [-0.4, -0.2) is 0 Å². The van der Waals surface area contributed by atoms with E-state index < -0.39 is 0 Å². The molecule has 64 valence electrons. The number of halogens is 1. The van der Waals surface area contributed by atoms with E-state index in [1.54, 1.807) is 6.07 Å². The third-order valence-corrected chi connectivity index (χ3v) is 2.62. The quantitative estimate of drug-likeness (QED) is 0.625. The molecule has 2 unspecified atom stereocenters. The van der Waals surface area contributed by atoms with E-state index in [0.717, 1.165) is 12.0 Å². The molecule has 0 saturated carbocycles. The maximum atomic E-state index is 12.8. The van der Waals surface area contributed by atoms with Gasteiger partial charge in [-0.05, 0) is 35.6 Å². The van der Waals surface area contributed by atoms with Gasteiger partial charge in [0.1, 0.15) is 5.82 Å². The molecule has 0 aliphatic heterocycles. The topological polar surface area (TPSA) is 26.0 Å². The maximum absolute atomic E-state index is 12.8. The lowest BCUT2D eigenvalue weighted by atomic mass is 10.0. The zero-order valence-corrected chi connectivity index (χ0v) is 7.05. The monoisotopic (exact) mass is 165 g/mol. The highest BCUT2D eigenvalue weighted by molar-refractivity contribution is 5.35. The van der Waals surface area contributed by atoms with Crippen molar-refractivity contribution in [3.8, 4) is 0 Å². The first kappa shape index (κ1) is 7.74. The van der Waals surface area contributed by atoms with E-state index in [9.17, 15) is 4.39 Å². The molecule has 0 heterocycles. The fourth-order valence-corrected chi connectivity index (χ4v) is 1.84.